The Morgan fingerprint density at radius 3 is 2.11 bits per heavy atom. The van der Waals surface area contributed by atoms with Crippen LogP contribution >= 0.6 is 11.3 Å². The lowest BCUT2D eigenvalue weighted by Gasteiger charge is -2.23. The fourth-order valence-corrected chi connectivity index (χ4v) is 7.66. The van der Waals surface area contributed by atoms with Crippen molar-refractivity contribution in [1.29, 1.82) is 0 Å². The Morgan fingerprint density at radius 2 is 1.30 bits per heavy atom. The average molecular weight is 583 g/mol. The molecule has 1 atom stereocenters. The van der Waals surface area contributed by atoms with Crippen molar-refractivity contribution in [2.75, 3.05) is 0 Å². The number of aliphatic imine (C=N–C) groups is 2. The zero-order valence-corrected chi connectivity index (χ0v) is 24.5. The number of hydrogen-bond donors (Lipinski definition) is 1. The second-order valence-electron chi connectivity index (χ2n) is 11.1. The van der Waals surface area contributed by atoms with Gasteiger partial charge in [0.2, 0.25) is 0 Å². The van der Waals surface area contributed by atoms with Gasteiger partial charge < -0.3 is 9.88 Å². The van der Waals surface area contributed by atoms with Crippen LogP contribution in [0.1, 0.15) is 22.9 Å². The summed E-state index contributed by atoms with van der Waals surface area (Å²) in [5.41, 5.74) is 6.59. The molecule has 0 saturated carbocycles. The van der Waals surface area contributed by atoms with Gasteiger partial charge in [0.15, 0.2) is 5.84 Å². The highest BCUT2D eigenvalue weighted by Crippen LogP contribution is 2.43. The molecule has 0 spiro atoms. The number of amidine groups is 2. The van der Waals surface area contributed by atoms with E-state index in [0.717, 1.165) is 39.6 Å². The van der Waals surface area contributed by atoms with Crippen LogP contribution in [0, 0.1) is 0 Å². The molecule has 0 fully saturated rings. The first kappa shape index (κ1) is 25.0. The van der Waals surface area contributed by atoms with E-state index in [4.69, 9.17) is 9.98 Å². The second-order valence-corrected chi connectivity index (χ2v) is 12.1. The van der Waals surface area contributed by atoms with E-state index in [1.54, 1.807) is 0 Å². The topological polar surface area (TPSA) is 41.7 Å². The molecule has 1 aliphatic rings. The smallest absolute Gasteiger partial charge is 0.159 e. The molecule has 4 nitrogen and oxygen atoms in total. The lowest BCUT2D eigenvalue weighted by molar-refractivity contribution is 0.674. The van der Waals surface area contributed by atoms with Crippen LogP contribution in [0.15, 0.2) is 156 Å². The Balaban J connectivity index is 1.31. The van der Waals surface area contributed by atoms with E-state index in [9.17, 15) is 0 Å². The largest absolute Gasteiger partial charge is 0.344 e. The number of benzene rings is 6. The maximum Gasteiger partial charge on any atom is 0.159 e. The third-order valence-electron chi connectivity index (χ3n) is 8.45. The third kappa shape index (κ3) is 3.98. The minimum absolute atomic E-state index is 0.243. The summed E-state index contributed by atoms with van der Waals surface area (Å²) in [7, 11) is 0. The molecule has 0 amide bonds. The fraction of sp³-hybridized carbons (Fsp3) is 0.0256. The fourth-order valence-electron chi connectivity index (χ4n) is 6.40. The standard InChI is InChI=1S/C39H26N4S/c1-4-12-25(13-5-1)37-40-38(26-14-6-2-7-15-26)42-39(41-37)27-20-21-31-33(24-27)43(28-16-8-3-9-17-28)32-23-22-30-29-18-10-11-19-34(29)44-36(30)35(31)32/h1-24,37H,(H,40,41,42). The first-order chi connectivity index (χ1) is 21.8. The molecule has 6 aromatic carbocycles. The number of nitrogens with zero attached hydrogens (tertiary/aromatic N) is 3. The molecule has 3 heterocycles. The van der Waals surface area contributed by atoms with Gasteiger partial charge in [-0.2, -0.15) is 0 Å². The van der Waals surface area contributed by atoms with E-state index in [0.29, 0.717) is 0 Å². The summed E-state index contributed by atoms with van der Waals surface area (Å²) < 4.78 is 5.02. The van der Waals surface area contributed by atoms with E-state index < -0.39 is 0 Å². The maximum atomic E-state index is 5.15. The van der Waals surface area contributed by atoms with E-state index in [1.165, 1.54) is 36.5 Å². The van der Waals surface area contributed by atoms with Crippen molar-refractivity contribution in [3.05, 3.63) is 162 Å². The van der Waals surface area contributed by atoms with Crippen molar-refractivity contribution in [2.45, 2.75) is 6.17 Å². The highest BCUT2D eigenvalue weighted by atomic mass is 32.1. The van der Waals surface area contributed by atoms with Gasteiger partial charge in [0.1, 0.15) is 12.0 Å². The van der Waals surface area contributed by atoms with Crippen LogP contribution in [0.25, 0.3) is 47.7 Å². The molecule has 0 saturated heterocycles. The van der Waals surface area contributed by atoms with E-state index >= 15 is 0 Å². The molecule has 9 rings (SSSR count). The van der Waals surface area contributed by atoms with Crippen molar-refractivity contribution in [3.8, 4) is 5.69 Å². The van der Waals surface area contributed by atoms with Crippen molar-refractivity contribution < 1.29 is 0 Å². The SMILES string of the molecule is c1ccc(C2=NC(c3ccc4c5c6sc7ccccc7c6ccc5n(-c5ccccc5)c4c3)=NC(c3ccccc3)N2)cc1. The number of para-hydroxylation sites is 1. The van der Waals surface area contributed by atoms with E-state index in [-0.39, 0.29) is 6.17 Å². The Hall–Kier alpha value is -5.52. The van der Waals surface area contributed by atoms with Crippen LogP contribution in [-0.4, -0.2) is 16.2 Å². The van der Waals surface area contributed by atoms with Gasteiger partial charge in [-0.1, -0.05) is 115 Å². The normalized spacial score (nSPS) is 15.0. The van der Waals surface area contributed by atoms with Crippen LogP contribution in [0.3, 0.4) is 0 Å². The molecule has 5 heteroatoms. The first-order valence-corrected chi connectivity index (χ1v) is 15.6. The molecule has 2 aromatic heterocycles. The van der Waals surface area contributed by atoms with Crippen LogP contribution in [0.2, 0.25) is 0 Å². The minimum atomic E-state index is -0.243. The summed E-state index contributed by atoms with van der Waals surface area (Å²) in [6.07, 6.45) is -0.243. The van der Waals surface area contributed by atoms with Gasteiger partial charge in [0, 0.05) is 47.8 Å². The minimum Gasteiger partial charge on any atom is -0.344 e. The molecule has 208 valence electrons. The zero-order chi connectivity index (χ0) is 29.0. The molecule has 0 bridgehead atoms. The summed E-state index contributed by atoms with van der Waals surface area (Å²) in [6.45, 7) is 0. The highest BCUT2D eigenvalue weighted by molar-refractivity contribution is 7.26. The molecular weight excluding hydrogens is 557 g/mol. The van der Waals surface area contributed by atoms with Gasteiger partial charge >= 0.3 is 0 Å². The molecule has 1 unspecified atom stereocenters. The van der Waals surface area contributed by atoms with Gasteiger partial charge in [-0.15, -0.1) is 11.3 Å². The Labute approximate surface area is 258 Å². The summed E-state index contributed by atoms with van der Waals surface area (Å²) in [4.78, 5) is 10.2. The first-order valence-electron chi connectivity index (χ1n) is 14.8. The lowest BCUT2D eigenvalue weighted by Crippen LogP contribution is -2.33. The molecule has 1 N–H and O–H groups in total. The van der Waals surface area contributed by atoms with Gasteiger partial charge in [-0.25, -0.2) is 9.98 Å². The third-order valence-corrected chi connectivity index (χ3v) is 9.66. The second kappa shape index (κ2) is 10.0. The van der Waals surface area contributed by atoms with E-state index in [1.807, 2.05) is 35.6 Å². The molecule has 44 heavy (non-hydrogen) atoms. The highest BCUT2D eigenvalue weighted by Gasteiger charge is 2.23. The van der Waals surface area contributed by atoms with Crippen LogP contribution in [0.4, 0.5) is 0 Å². The van der Waals surface area contributed by atoms with Gasteiger partial charge in [0.25, 0.3) is 0 Å². The molecule has 0 aliphatic carbocycles. The average Bonchev–Trinajstić information content (AvgIpc) is 3.64. The van der Waals surface area contributed by atoms with Gasteiger partial charge in [-0.05, 0) is 35.9 Å². The van der Waals surface area contributed by atoms with Crippen molar-refractivity contribution in [1.82, 2.24) is 9.88 Å². The predicted octanol–water partition coefficient (Wildman–Crippen LogP) is 9.65. The number of aromatic nitrogens is 1. The Kier molecular flexibility index (Phi) is 5.71. The summed E-state index contributed by atoms with van der Waals surface area (Å²) in [5.74, 6) is 1.54. The molecule has 8 aromatic rings. The number of nitrogens with one attached hydrogen (secondary N) is 1. The number of fused-ring (bicyclic) bond motifs is 7. The summed E-state index contributed by atoms with van der Waals surface area (Å²) >= 11 is 1.88. The Bertz CT molecular complexity index is 2400. The van der Waals surface area contributed by atoms with Crippen LogP contribution in [-0.2, 0) is 0 Å². The van der Waals surface area contributed by atoms with Crippen LogP contribution in [0.5, 0.6) is 0 Å². The molecule has 1 aliphatic heterocycles. The lowest BCUT2D eigenvalue weighted by atomic mass is 10.1. The number of rotatable bonds is 4. The van der Waals surface area contributed by atoms with Gasteiger partial charge in [0.05, 0.1) is 11.0 Å². The monoisotopic (exact) mass is 582 g/mol. The quantitative estimate of drug-likeness (QED) is 0.221. The predicted molar refractivity (Wildman–Crippen MR) is 186 cm³/mol. The van der Waals surface area contributed by atoms with E-state index in [2.05, 4.69) is 131 Å². The Morgan fingerprint density at radius 1 is 0.591 bits per heavy atom. The van der Waals surface area contributed by atoms with Crippen molar-refractivity contribution >= 4 is 65.0 Å². The summed E-state index contributed by atoms with van der Waals surface area (Å²) in [5, 5.41) is 8.71. The summed E-state index contributed by atoms with van der Waals surface area (Å²) in [6, 6.07) is 51.3. The van der Waals surface area contributed by atoms with Crippen molar-refractivity contribution in [3.63, 3.8) is 0 Å². The van der Waals surface area contributed by atoms with Gasteiger partial charge in [-0.3, -0.25) is 0 Å². The zero-order valence-electron chi connectivity index (χ0n) is 23.7. The molecular formula is C39H26N4S. The van der Waals surface area contributed by atoms with Crippen molar-refractivity contribution in [2.24, 2.45) is 9.98 Å². The molecule has 0 radical (unpaired) electrons. The number of hydrogen-bond acceptors (Lipinski definition) is 4. The number of thiophene rings is 1. The van der Waals surface area contributed by atoms with Crippen LogP contribution < -0.4 is 5.32 Å². The maximum absolute atomic E-state index is 5.15.